The number of carbonyl (C=O) groups excluding carboxylic acids is 1. The highest BCUT2D eigenvalue weighted by Gasteiger charge is 2.16. The molecule has 0 aliphatic carbocycles. The van der Waals surface area contributed by atoms with Crippen LogP contribution in [-0.2, 0) is 0 Å². The van der Waals surface area contributed by atoms with Crippen molar-refractivity contribution in [1.29, 1.82) is 5.26 Å². The molecule has 0 spiro atoms. The Kier molecular flexibility index (Phi) is 7.29. The molecule has 0 radical (unpaired) electrons. The van der Waals surface area contributed by atoms with Crippen LogP contribution in [0.4, 0.5) is 9.80 Å². The van der Waals surface area contributed by atoms with Crippen molar-refractivity contribution in [3.8, 4) is 22.9 Å². The first-order chi connectivity index (χ1) is 13.7. The molecule has 2 amide bonds. The number of anilines is 1. The highest BCUT2D eigenvalue weighted by Crippen LogP contribution is 2.36. The van der Waals surface area contributed by atoms with Crippen molar-refractivity contribution in [1.82, 2.24) is 10.2 Å². The summed E-state index contributed by atoms with van der Waals surface area (Å²) >= 11 is 1.36. The maximum atomic E-state index is 12.2. The summed E-state index contributed by atoms with van der Waals surface area (Å²) in [6.07, 6.45) is 4.65. The fourth-order valence-corrected chi connectivity index (χ4v) is 4.29. The third kappa shape index (κ3) is 5.24. The molecule has 1 aliphatic rings. The van der Waals surface area contributed by atoms with E-state index in [-0.39, 0.29) is 6.03 Å². The first-order valence-corrected chi connectivity index (χ1v) is 10.5. The minimum Gasteiger partial charge on any atom is -0.497 e. The molecule has 0 atom stereocenters. The van der Waals surface area contributed by atoms with Crippen LogP contribution in [0, 0.1) is 11.3 Å². The highest BCUT2D eigenvalue weighted by molar-refractivity contribution is 7.15. The Labute approximate surface area is 170 Å². The van der Waals surface area contributed by atoms with Crippen molar-refractivity contribution >= 4 is 22.4 Å². The number of nitrogens with zero attached hydrogens (tertiary/aromatic N) is 2. The van der Waals surface area contributed by atoms with Crippen LogP contribution in [0.2, 0.25) is 0 Å². The van der Waals surface area contributed by atoms with Gasteiger partial charge in [-0.3, -0.25) is 5.32 Å². The van der Waals surface area contributed by atoms with Gasteiger partial charge < -0.3 is 15.0 Å². The minimum atomic E-state index is -0.267. The molecule has 7 heteroatoms. The number of amides is 2. The topological polar surface area (TPSA) is 77.4 Å². The molecule has 3 rings (SSSR count). The van der Waals surface area contributed by atoms with Crippen LogP contribution in [-0.4, -0.2) is 44.2 Å². The third-order valence-corrected chi connectivity index (χ3v) is 5.79. The Morgan fingerprint density at radius 2 is 2.14 bits per heavy atom. The van der Waals surface area contributed by atoms with Crippen LogP contribution in [0.3, 0.4) is 0 Å². The number of nitrogens with one attached hydrogen (secondary N) is 2. The summed E-state index contributed by atoms with van der Waals surface area (Å²) in [6, 6.07) is 9.50. The fourth-order valence-electron chi connectivity index (χ4n) is 3.38. The Morgan fingerprint density at radius 1 is 1.32 bits per heavy atom. The molecule has 6 nitrogen and oxygen atoms in total. The molecule has 1 saturated heterocycles. The van der Waals surface area contributed by atoms with E-state index in [0.717, 1.165) is 36.3 Å². The van der Waals surface area contributed by atoms with Crippen LogP contribution in [0.5, 0.6) is 5.75 Å². The van der Waals surface area contributed by atoms with Gasteiger partial charge in [0.25, 0.3) is 0 Å². The third-order valence-electron chi connectivity index (χ3n) is 4.90. The van der Waals surface area contributed by atoms with Gasteiger partial charge in [0.2, 0.25) is 0 Å². The van der Waals surface area contributed by atoms with Gasteiger partial charge in [-0.25, -0.2) is 4.79 Å². The van der Waals surface area contributed by atoms with Gasteiger partial charge in [-0.15, -0.1) is 11.3 Å². The van der Waals surface area contributed by atoms with Crippen molar-refractivity contribution in [2.24, 2.45) is 0 Å². The second-order valence-electron chi connectivity index (χ2n) is 6.83. The number of carbonyl (C=O) groups is 1. The lowest BCUT2D eigenvalue weighted by atomic mass is 10.0. The van der Waals surface area contributed by atoms with E-state index in [1.807, 2.05) is 29.6 Å². The Morgan fingerprint density at radius 3 is 2.89 bits per heavy atom. The van der Waals surface area contributed by atoms with E-state index in [1.165, 1.54) is 37.3 Å². The van der Waals surface area contributed by atoms with E-state index in [0.29, 0.717) is 17.1 Å². The maximum Gasteiger partial charge on any atom is 0.319 e. The summed E-state index contributed by atoms with van der Waals surface area (Å²) in [5.41, 5.74) is 2.16. The molecule has 2 heterocycles. The number of hydrogen-bond donors (Lipinski definition) is 2. The highest BCUT2D eigenvalue weighted by atomic mass is 32.1. The molecule has 1 aromatic carbocycles. The monoisotopic (exact) mass is 398 g/mol. The number of thiophene rings is 1. The standard InChI is InChI=1S/C21H26N4O2S/c1-27-17-8-6-7-16(13-17)19-15-28-20(18(19)14-22)24-21(26)23-9-2-3-10-25-11-4-5-12-25/h6-8,13,15H,2-5,9-12H2,1H3,(H2,23,24,26). The fraction of sp³-hybridized carbons (Fsp3) is 0.429. The van der Waals surface area contributed by atoms with Gasteiger partial charge in [0.15, 0.2) is 0 Å². The van der Waals surface area contributed by atoms with Gasteiger partial charge in [-0.2, -0.15) is 5.26 Å². The van der Waals surface area contributed by atoms with E-state index in [9.17, 15) is 10.1 Å². The minimum absolute atomic E-state index is 0.267. The molecule has 28 heavy (non-hydrogen) atoms. The summed E-state index contributed by atoms with van der Waals surface area (Å²) in [5.74, 6) is 0.730. The number of urea groups is 1. The van der Waals surface area contributed by atoms with E-state index >= 15 is 0 Å². The number of benzene rings is 1. The zero-order valence-electron chi connectivity index (χ0n) is 16.2. The molecule has 2 aromatic rings. The predicted molar refractivity (Wildman–Crippen MR) is 113 cm³/mol. The molecule has 1 aliphatic heterocycles. The van der Waals surface area contributed by atoms with Crippen molar-refractivity contribution in [3.05, 3.63) is 35.2 Å². The molecule has 0 unspecified atom stereocenters. The first kappa shape index (κ1) is 20.2. The number of ether oxygens (including phenoxy) is 1. The number of rotatable bonds is 8. The number of nitriles is 1. The van der Waals surface area contributed by atoms with Gasteiger partial charge in [0, 0.05) is 17.5 Å². The number of unbranched alkanes of at least 4 members (excludes halogenated alkanes) is 1. The van der Waals surface area contributed by atoms with Crippen LogP contribution >= 0.6 is 11.3 Å². The van der Waals surface area contributed by atoms with Crippen LogP contribution in [0.15, 0.2) is 29.6 Å². The number of likely N-dealkylation sites (tertiary alicyclic amines) is 1. The SMILES string of the molecule is COc1cccc(-c2csc(NC(=O)NCCCCN3CCCC3)c2C#N)c1. The number of methoxy groups -OCH3 is 1. The van der Waals surface area contributed by atoms with Crippen LogP contribution < -0.4 is 15.4 Å². The molecule has 1 aromatic heterocycles. The van der Waals surface area contributed by atoms with Gasteiger partial charge in [-0.1, -0.05) is 12.1 Å². The molecule has 148 valence electrons. The first-order valence-electron chi connectivity index (χ1n) is 9.64. The maximum absolute atomic E-state index is 12.2. The van der Waals surface area contributed by atoms with Crippen molar-refractivity contribution in [2.75, 3.05) is 38.6 Å². The zero-order chi connectivity index (χ0) is 19.8. The van der Waals surface area contributed by atoms with Crippen LogP contribution in [0.25, 0.3) is 11.1 Å². The molecular weight excluding hydrogens is 372 g/mol. The Hall–Kier alpha value is -2.56. The largest absolute Gasteiger partial charge is 0.497 e. The van der Waals surface area contributed by atoms with Gasteiger partial charge >= 0.3 is 6.03 Å². The molecule has 1 fully saturated rings. The van der Waals surface area contributed by atoms with E-state index in [1.54, 1.807) is 7.11 Å². The lowest BCUT2D eigenvalue weighted by Crippen LogP contribution is -2.30. The average Bonchev–Trinajstić information content (AvgIpc) is 3.37. The molecule has 2 N–H and O–H groups in total. The van der Waals surface area contributed by atoms with Crippen molar-refractivity contribution in [2.45, 2.75) is 25.7 Å². The normalized spacial score (nSPS) is 13.9. The van der Waals surface area contributed by atoms with Crippen molar-refractivity contribution in [3.63, 3.8) is 0 Å². The molecule has 0 bridgehead atoms. The number of hydrogen-bond acceptors (Lipinski definition) is 5. The quantitative estimate of drug-likeness (QED) is 0.650. The molecule has 0 saturated carbocycles. The molecular formula is C21H26N4O2S. The van der Waals surface area contributed by atoms with Crippen LogP contribution in [0.1, 0.15) is 31.2 Å². The van der Waals surface area contributed by atoms with E-state index in [4.69, 9.17) is 4.74 Å². The van der Waals surface area contributed by atoms with Crippen molar-refractivity contribution < 1.29 is 9.53 Å². The predicted octanol–water partition coefficient (Wildman–Crippen LogP) is 4.29. The summed E-state index contributed by atoms with van der Waals surface area (Å²) in [4.78, 5) is 14.7. The summed E-state index contributed by atoms with van der Waals surface area (Å²) in [6.45, 7) is 4.16. The lowest BCUT2D eigenvalue weighted by Gasteiger charge is -2.14. The smallest absolute Gasteiger partial charge is 0.319 e. The average molecular weight is 399 g/mol. The van der Waals surface area contributed by atoms with Gasteiger partial charge in [0.05, 0.1) is 12.7 Å². The van der Waals surface area contributed by atoms with Gasteiger partial charge in [0.1, 0.15) is 16.8 Å². The Bertz CT molecular complexity index is 837. The Balaban J connectivity index is 1.51. The second-order valence-corrected chi connectivity index (χ2v) is 7.71. The van der Waals surface area contributed by atoms with E-state index in [2.05, 4.69) is 21.6 Å². The lowest BCUT2D eigenvalue weighted by molar-refractivity contribution is 0.251. The second kappa shape index (κ2) is 10.1. The van der Waals surface area contributed by atoms with E-state index < -0.39 is 0 Å². The summed E-state index contributed by atoms with van der Waals surface area (Å²) in [5, 5.41) is 17.7. The van der Waals surface area contributed by atoms with Gasteiger partial charge in [-0.05, 0) is 63.0 Å². The summed E-state index contributed by atoms with van der Waals surface area (Å²) in [7, 11) is 1.61. The summed E-state index contributed by atoms with van der Waals surface area (Å²) < 4.78 is 5.26. The zero-order valence-corrected chi connectivity index (χ0v) is 17.0.